The largest absolute Gasteiger partial charge is 0.505 e. The van der Waals surface area contributed by atoms with E-state index in [1.54, 1.807) is 22.3 Å². The van der Waals surface area contributed by atoms with Crippen molar-refractivity contribution in [1.29, 1.82) is 0 Å². The number of hydrogen-bond acceptors (Lipinski definition) is 5. The van der Waals surface area contributed by atoms with Crippen molar-refractivity contribution < 1.29 is 5.11 Å². The number of rotatable bonds is 4. The predicted octanol–water partition coefficient (Wildman–Crippen LogP) is 3.86. The zero-order valence-corrected chi connectivity index (χ0v) is 13.7. The standard InChI is InChI=1S/C15H11ClN2O2S2/c16-12-14(20)18(9-10-5-2-1-3-6-10)22-15(12)21-13-11(19)7-4-8-17-13/h1-8,19H,9H2. The van der Waals surface area contributed by atoms with E-state index in [9.17, 15) is 9.90 Å². The Bertz CT molecular complexity index is 846. The molecule has 0 saturated carbocycles. The third-order valence-corrected chi connectivity index (χ3v) is 5.73. The zero-order chi connectivity index (χ0) is 15.5. The predicted molar refractivity (Wildman–Crippen MR) is 89.2 cm³/mol. The summed E-state index contributed by atoms with van der Waals surface area (Å²) in [7, 11) is 0. The van der Waals surface area contributed by atoms with Crippen molar-refractivity contribution in [2.45, 2.75) is 15.8 Å². The van der Waals surface area contributed by atoms with Crippen molar-refractivity contribution in [3.63, 3.8) is 0 Å². The Morgan fingerprint density at radius 3 is 2.73 bits per heavy atom. The van der Waals surface area contributed by atoms with Crippen LogP contribution in [0.1, 0.15) is 5.56 Å². The lowest BCUT2D eigenvalue weighted by Gasteiger charge is -2.01. The maximum atomic E-state index is 12.2. The molecule has 22 heavy (non-hydrogen) atoms. The lowest BCUT2D eigenvalue weighted by atomic mass is 10.2. The van der Waals surface area contributed by atoms with E-state index in [2.05, 4.69) is 4.98 Å². The number of nitrogens with zero attached hydrogens (tertiary/aromatic N) is 2. The minimum Gasteiger partial charge on any atom is -0.505 e. The first kappa shape index (κ1) is 15.1. The van der Waals surface area contributed by atoms with Crippen LogP contribution in [0.4, 0.5) is 0 Å². The summed E-state index contributed by atoms with van der Waals surface area (Å²) in [6.45, 7) is 0.471. The number of halogens is 1. The summed E-state index contributed by atoms with van der Waals surface area (Å²) < 4.78 is 2.22. The molecule has 3 aromatic rings. The SMILES string of the molecule is O=c1c(Cl)c(Sc2ncccc2O)sn1Cc1ccccc1. The Morgan fingerprint density at radius 1 is 1.23 bits per heavy atom. The number of hydrogen-bond donors (Lipinski definition) is 1. The highest BCUT2D eigenvalue weighted by molar-refractivity contribution is 8.01. The molecule has 2 heterocycles. The number of benzene rings is 1. The van der Waals surface area contributed by atoms with Crippen LogP contribution in [-0.4, -0.2) is 14.0 Å². The average molecular weight is 351 g/mol. The van der Waals surface area contributed by atoms with Gasteiger partial charge in [0.05, 0.1) is 6.54 Å². The summed E-state index contributed by atoms with van der Waals surface area (Å²) in [4.78, 5) is 16.3. The van der Waals surface area contributed by atoms with Gasteiger partial charge in [-0.05, 0) is 29.2 Å². The molecule has 0 saturated heterocycles. The summed E-state index contributed by atoms with van der Waals surface area (Å²) in [5.41, 5.74) is 0.799. The Morgan fingerprint density at radius 2 is 2.00 bits per heavy atom. The molecule has 112 valence electrons. The number of aromatic hydroxyl groups is 1. The van der Waals surface area contributed by atoms with E-state index in [-0.39, 0.29) is 16.3 Å². The summed E-state index contributed by atoms with van der Waals surface area (Å²) in [5.74, 6) is 0.0685. The van der Waals surface area contributed by atoms with E-state index >= 15 is 0 Å². The highest BCUT2D eigenvalue weighted by Crippen LogP contribution is 2.38. The summed E-state index contributed by atoms with van der Waals surface area (Å²) >= 11 is 8.59. The molecule has 7 heteroatoms. The minimum absolute atomic E-state index is 0.0685. The Hall–Kier alpha value is -1.76. The molecular formula is C15H11ClN2O2S2. The van der Waals surface area contributed by atoms with Crippen LogP contribution in [0.3, 0.4) is 0 Å². The smallest absolute Gasteiger partial charge is 0.280 e. The van der Waals surface area contributed by atoms with Crippen LogP contribution in [0, 0.1) is 0 Å². The van der Waals surface area contributed by atoms with E-state index in [0.717, 1.165) is 5.56 Å². The molecule has 0 aliphatic carbocycles. The minimum atomic E-state index is -0.228. The molecular weight excluding hydrogens is 340 g/mol. The Balaban J connectivity index is 1.90. The number of aromatic nitrogens is 2. The summed E-state index contributed by atoms with van der Waals surface area (Å²) in [6, 6.07) is 12.9. The van der Waals surface area contributed by atoms with Crippen molar-refractivity contribution >= 4 is 34.9 Å². The van der Waals surface area contributed by atoms with Gasteiger partial charge in [0.2, 0.25) is 0 Å². The molecule has 0 radical (unpaired) electrons. The highest BCUT2D eigenvalue weighted by Gasteiger charge is 2.16. The molecule has 0 aliphatic rings. The second-order valence-electron chi connectivity index (χ2n) is 4.45. The quantitative estimate of drug-likeness (QED) is 0.776. The molecule has 0 amide bonds. The van der Waals surface area contributed by atoms with Crippen LogP contribution in [0.5, 0.6) is 5.75 Å². The van der Waals surface area contributed by atoms with Crippen LogP contribution in [0.15, 0.2) is 62.7 Å². The van der Waals surface area contributed by atoms with Crippen LogP contribution in [0.25, 0.3) is 0 Å². The van der Waals surface area contributed by atoms with Gasteiger partial charge in [-0.3, -0.25) is 8.75 Å². The molecule has 3 rings (SSSR count). The first-order valence-electron chi connectivity index (χ1n) is 6.40. The molecule has 4 nitrogen and oxygen atoms in total. The van der Waals surface area contributed by atoms with Crippen LogP contribution >= 0.6 is 34.9 Å². The first-order chi connectivity index (χ1) is 10.6. The third-order valence-electron chi connectivity index (χ3n) is 2.90. The van der Waals surface area contributed by atoms with Crippen LogP contribution in [-0.2, 0) is 6.54 Å². The van der Waals surface area contributed by atoms with Crippen molar-refractivity contribution in [2.75, 3.05) is 0 Å². The normalized spacial score (nSPS) is 10.8. The van der Waals surface area contributed by atoms with Gasteiger partial charge in [0.1, 0.15) is 20.0 Å². The van der Waals surface area contributed by atoms with Gasteiger partial charge in [0, 0.05) is 6.20 Å². The highest BCUT2D eigenvalue weighted by atomic mass is 35.5. The summed E-state index contributed by atoms with van der Waals surface area (Å²) in [6.07, 6.45) is 1.58. The van der Waals surface area contributed by atoms with Gasteiger partial charge in [-0.25, -0.2) is 4.98 Å². The van der Waals surface area contributed by atoms with Gasteiger partial charge >= 0.3 is 0 Å². The van der Waals surface area contributed by atoms with Gasteiger partial charge in [0.15, 0.2) is 0 Å². The molecule has 2 aromatic heterocycles. The second kappa shape index (κ2) is 6.56. The fourth-order valence-electron chi connectivity index (χ4n) is 1.84. The first-order valence-corrected chi connectivity index (χ1v) is 8.37. The van der Waals surface area contributed by atoms with Crippen molar-refractivity contribution in [3.8, 4) is 5.75 Å². The Kier molecular flexibility index (Phi) is 4.52. The van der Waals surface area contributed by atoms with Crippen molar-refractivity contribution in [2.24, 2.45) is 0 Å². The average Bonchev–Trinajstić information content (AvgIpc) is 2.79. The fourth-order valence-corrected chi connectivity index (χ4v) is 4.27. The van der Waals surface area contributed by atoms with E-state index in [4.69, 9.17) is 11.6 Å². The van der Waals surface area contributed by atoms with Crippen LogP contribution < -0.4 is 5.56 Å². The molecule has 0 aliphatic heterocycles. The van der Waals surface area contributed by atoms with E-state index in [1.807, 2.05) is 30.3 Å². The molecule has 1 aromatic carbocycles. The van der Waals surface area contributed by atoms with Gasteiger partial charge in [0.25, 0.3) is 5.56 Å². The van der Waals surface area contributed by atoms with Crippen LogP contribution in [0.2, 0.25) is 5.02 Å². The molecule has 0 spiro atoms. The molecule has 0 unspecified atom stereocenters. The maximum absolute atomic E-state index is 12.2. The van der Waals surface area contributed by atoms with Gasteiger partial charge in [-0.1, -0.05) is 53.7 Å². The lowest BCUT2D eigenvalue weighted by molar-refractivity contribution is 0.457. The van der Waals surface area contributed by atoms with E-state index in [0.29, 0.717) is 15.8 Å². The maximum Gasteiger partial charge on any atom is 0.280 e. The zero-order valence-electron chi connectivity index (χ0n) is 11.3. The second-order valence-corrected chi connectivity index (χ2v) is 7.12. The van der Waals surface area contributed by atoms with E-state index < -0.39 is 0 Å². The summed E-state index contributed by atoms with van der Waals surface area (Å²) in [5, 5.41) is 10.4. The molecule has 0 atom stereocenters. The molecule has 0 fully saturated rings. The van der Waals surface area contributed by atoms with Gasteiger partial charge in [-0.2, -0.15) is 0 Å². The van der Waals surface area contributed by atoms with Crippen molar-refractivity contribution in [1.82, 2.24) is 8.94 Å². The van der Waals surface area contributed by atoms with Gasteiger partial charge < -0.3 is 5.11 Å². The monoisotopic (exact) mass is 350 g/mol. The third kappa shape index (κ3) is 3.19. The van der Waals surface area contributed by atoms with Gasteiger partial charge in [-0.15, -0.1) is 0 Å². The molecule has 0 bridgehead atoms. The van der Waals surface area contributed by atoms with Crippen molar-refractivity contribution in [3.05, 3.63) is 69.6 Å². The molecule has 1 N–H and O–H groups in total. The fraction of sp³-hybridized carbons (Fsp3) is 0.0667. The topological polar surface area (TPSA) is 55.1 Å². The van der Waals surface area contributed by atoms with E-state index in [1.165, 1.54) is 23.3 Å². The number of pyridine rings is 1. The Labute approximate surface area is 140 Å². The lowest BCUT2D eigenvalue weighted by Crippen LogP contribution is -2.13.